The lowest BCUT2D eigenvalue weighted by atomic mass is 9.83. The minimum Gasteiger partial charge on any atom is -0.481 e. The fraction of sp³-hybridized carbons (Fsp3) is 0.679. The molecule has 196 valence electrons. The van der Waals surface area contributed by atoms with Crippen molar-refractivity contribution in [3.8, 4) is 6.07 Å². The van der Waals surface area contributed by atoms with Crippen LogP contribution in [0.2, 0.25) is 0 Å². The van der Waals surface area contributed by atoms with E-state index in [0.717, 1.165) is 23.2 Å². The molecule has 1 aromatic rings. The number of nitrogens with zero attached hydrogens (tertiary/aromatic N) is 3. The number of carboxylic acids is 1. The summed E-state index contributed by atoms with van der Waals surface area (Å²) < 4.78 is 6.14. The number of piperazine rings is 1. The molecule has 2 unspecified atom stereocenters. The van der Waals surface area contributed by atoms with E-state index in [2.05, 4.69) is 50.0 Å². The number of hydrogen-bond donors (Lipinski definition) is 2. The van der Waals surface area contributed by atoms with Gasteiger partial charge in [-0.05, 0) is 67.7 Å². The Balaban J connectivity index is 1.60. The second-order valence-electron chi connectivity index (χ2n) is 11.5. The summed E-state index contributed by atoms with van der Waals surface area (Å²) in [6, 6.07) is 4.49. The molecule has 2 N–H and O–H groups in total. The fourth-order valence-corrected chi connectivity index (χ4v) is 5.60. The van der Waals surface area contributed by atoms with Gasteiger partial charge in [0.2, 0.25) is 0 Å². The number of amides is 2. The normalized spacial score (nSPS) is 22.1. The highest BCUT2D eigenvalue weighted by Gasteiger charge is 2.38. The van der Waals surface area contributed by atoms with Crippen LogP contribution in [-0.4, -0.2) is 59.8 Å². The van der Waals surface area contributed by atoms with Gasteiger partial charge in [-0.2, -0.15) is 5.26 Å². The van der Waals surface area contributed by atoms with Crippen molar-refractivity contribution in [2.24, 2.45) is 11.8 Å². The highest BCUT2D eigenvalue weighted by atomic mass is 16.5. The molecule has 8 heteroatoms. The minimum absolute atomic E-state index is 0.0459. The van der Waals surface area contributed by atoms with Crippen LogP contribution < -0.4 is 10.2 Å². The Labute approximate surface area is 214 Å². The molecule has 4 rings (SSSR count). The molecule has 0 radical (unpaired) electrons. The predicted molar refractivity (Wildman–Crippen MR) is 138 cm³/mol. The predicted octanol–water partition coefficient (Wildman–Crippen LogP) is 4.25. The average Bonchev–Trinajstić information content (AvgIpc) is 3.67. The van der Waals surface area contributed by atoms with Crippen molar-refractivity contribution in [1.29, 1.82) is 5.26 Å². The van der Waals surface area contributed by atoms with Gasteiger partial charge in [-0.25, -0.2) is 4.79 Å². The molecule has 36 heavy (non-hydrogen) atoms. The molecule has 0 bridgehead atoms. The molecule has 3 aliphatic rings. The van der Waals surface area contributed by atoms with Crippen molar-refractivity contribution in [3.63, 3.8) is 0 Å². The topological polar surface area (TPSA) is 106 Å². The third kappa shape index (κ3) is 5.31. The molecule has 2 heterocycles. The van der Waals surface area contributed by atoms with Crippen molar-refractivity contribution >= 4 is 17.7 Å². The quantitative estimate of drug-likeness (QED) is 0.584. The monoisotopic (exact) mass is 496 g/mol. The average molecular weight is 497 g/mol. The maximum Gasteiger partial charge on any atom is 0.317 e. The number of carbonyl (C=O) groups is 2. The molecule has 8 nitrogen and oxygen atoms in total. The SMILES string of the molecule is CCC(CNC(=O)N1CCN(c2cc(C3CC3)c3c(c2C#N)CC(C)(C)OC3)CC1C(C)C)C(=O)O. The van der Waals surface area contributed by atoms with Gasteiger partial charge in [0.25, 0.3) is 0 Å². The van der Waals surface area contributed by atoms with Gasteiger partial charge in [0, 0.05) is 32.6 Å². The number of ether oxygens (including phenoxy) is 1. The maximum absolute atomic E-state index is 13.1. The van der Waals surface area contributed by atoms with Crippen LogP contribution in [0.15, 0.2) is 6.07 Å². The third-order valence-corrected chi connectivity index (χ3v) is 8.03. The lowest BCUT2D eigenvalue weighted by Crippen LogP contribution is -2.60. The van der Waals surface area contributed by atoms with Gasteiger partial charge in [0.1, 0.15) is 6.07 Å². The minimum atomic E-state index is -0.889. The van der Waals surface area contributed by atoms with Crippen LogP contribution in [0, 0.1) is 23.2 Å². The van der Waals surface area contributed by atoms with Gasteiger partial charge < -0.3 is 25.0 Å². The van der Waals surface area contributed by atoms with Gasteiger partial charge in [0.15, 0.2) is 0 Å². The van der Waals surface area contributed by atoms with Crippen molar-refractivity contribution in [1.82, 2.24) is 10.2 Å². The van der Waals surface area contributed by atoms with E-state index in [-0.39, 0.29) is 30.1 Å². The Hall–Kier alpha value is -2.79. The van der Waals surface area contributed by atoms with E-state index in [0.29, 0.717) is 38.6 Å². The van der Waals surface area contributed by atoms with Crippen LogP contribution >= 0.6 is 0 Å². The fourth-order valence-electron chi connectivity index (χ4n) is 5.60. The first-order valence-electron chi connectivity index (χ1n) is 13.3. The highest BCUT2D eigenvalue weighted by molar-refractivity contribution is 5.77. The summed E-state index contributed by atoms with van der Waals surface area (Å²) >= 11 is 0. The summed E-state index contributed by atoms with van der Waals surface area (Å²) in [6.45, 7) is 12.7. The van der Waals surface area contributed by atoms with Crippen LogP contribution in [0.3, 0.4) is 0 Å². The molecule has 2 amide bonds. The van der Waals surface area contributed by atoms with Gasteiger partial charge in [-0.15, -0.1) is 0 Å². The summed E-state index contributed by atoms with van der Waals surface area (Å²) in [6.07, 6.45) is 3.55. The number of fused-ring (bicyclic) bond motifs is 1. The summed E-state index contributed by atoms with van der Waals surface area (Å²) in [5.74, 6) is -0.725. The zero-order valence-corrected chi connectivity index (χ0v) is 22.3. The lowest BCUT2D eigenvalue weighted by Gasteiger charge is -2.45. The van der Waals surface area contributed by atoms with Gasteiger partial charge in [0.05, 0.1) is 35.4 Å². The van der Waals surface area contributed by atoms with Crippen molar-refractivity contribution in [2.75, 3.05) is 31.1 Å². The van der Waals surface area contributed by atoms with E-state index >= 15 is 0 Å². The van der Waals surface area contributed by atoms with E-state index < -0.39 is 11.9 Å². The second kappa shape index (κ2) is 10.3. The molecule has 1 saturated heterocycles. The standard InChI is InChI=1S/C28H40N4O4/c1-6-18(26(33)34)14-30-27(35)32-10-9-31(15-25(32)17(2)3)24-11-20(19-7-8-19)23-16-36-28(4,5)12-21(23)22(24)13-29/h11,17-19,25H,6-10,12,14-16H2,1-5H3,(H,30,35)(H,33,34). The number of nitriles is 1. The van der Waals surface area contributed by atoms with Crippen LogP contribution in [0.1, 0.15) is 82.1 Å². The molecule has 1 aliphatic carbocycles. The number of benzene rings is 1. The number of carboxylic acid groups (broad SMARTS) is 1. The Bertz CT molecular complexity index is 1060. The molecular weight excluding hydrogens is 456 g/mol. The van der Waals surface area contributed by atoms with Crippen LogP contribution in [0.4, 0.5) is 10.5 Å². The third-order valence-electron chi connectivity index (χ3n) is 8.03. The van der Waals surface area contributed by atoms with Crippen molar-refractivity contribution in [3.05, 3.63) is 28.3 Å². The first-order chi connectivity index (χ1) is 17.1. The number of aliphatic carboxylic acids is 1. The van der Waals surface area contributed by atoms with E-state index in [9.17, 15) is 20.0 Å². The zero-order chi connectivity index (χ0) is 26.2. The molecule has 1 aromatic carbocycles. The van der Waals surface area contributed by atoms with E-state index in [1.807, 2.05) is 11.8 Å². The van der Waals surface area contributed by atoms with Crippen molar-refractivity contribution in [2.45, 2.75) is 84.5 Å². The van der Waals surface area contributed by atoms with E-state index in [1.165, 1.54) is 24.0 Å². The molecular formula is C28H40N4O4. The Morgan fingerprint density at radius 1 is 1.28 bits per heavy atom. The second-order valence-corrected chi connectivity index (χ2v) is 11.5. The number of carbonyl (C=O) groups excluding carboxylic acids is 1. The van der Waals surface area contributed by atoms with Crippen LogP contribution in [-0.2, 0) is 22.6 Å². The Morgan fingerprint density at radius 3 is 2.58 bits per heavy atom. The summed E-state index contributed by atoms with van der Waals surface area (Å²) in [7, 11) is 0. The van der Waals surface area contributed by atoms with E-state index in [1.54, 1.807) is 0 Å². The number of rotatable bonds is 7. The number of urea groups is 1. The smallest absolute Gasteiger partial charge is 0.317 e. The molecule has 1 saturated carbocycles. The number of hydrogen-bond acceptors (Lipinski definition) is 5. The Kier molecular flexibility index (Phi) is 7.51. The Morgan fingerprint density at radius 2 is 2.00 bits per heavy atom. The maximum atomic E-state index is 13.1. The molecule has 0 aromatic heterocycles. The first kappa shape index (κ1) is 26.3. The number of nitrogens with one attached hydrogen (secondary N) is 1. The zero-order valence-electron chi connectivity index (χ0n) is 22.3. The summed E-state index contributed by atoms with van der Waals surface area (Å²) in [5, 5.41) is 22.5. The van der Waals surface area contributed by atoms with Crippen LogP contribution in [0.5, 0.6) is 0 Å². The van der Waals surface area contributed by atoms with E-state index in [4.69, 9.17) is 4.74 Å². The number of anilines is 1. The largest absolute Gasteiger partial charge is 0.481 e. The molecule has 2 atom stereocenters. The lowest BCUT2D eigenvalue weighted by molar-refractivity contribution is -0.141. The molecule has 2 aliphatic heterocycles. The highest BCUT2D eigenvalue weighted by Crippen LogP contribution is 2.47. The summed E-state index contributed by atoms with van der Waals surface area (Å²) in [5.41, 5.74) is 5.10. The van der Waals surface area contributed by atoms with Gasteiger partial charge >= 0.3 is 12.0 Å². The van der Waals surface area contributed by atoms with Crippen molar-refractivity contribution < 1.29 is 19.4 Å². The summed E-state index contributed by atoms with van der Waals surface area (Å²) in [4.78, 5) is 28.6. The molecule has 0 spiro atoms. The molecule has 2 fully saturated rings. The van der Waals surface area contributed by atoms with Gasteiger partial charge in [-0.3, -0.25) is 4.79 Å². The van der Waals surface area contributed by atoms with Gasteiger partial charge in [-0.1, -0.05) is 20.8 Å². The van der Waals surface area contributed by atoms with Crippen LogP contribution in [0.25, 0.3) is 0 Å². The first-order valence-corrected chi connectivity index (χ1v) is 13.3.